The molecule has 2 N–H and O–H groups in total. The van der Waals surface area contributed by atoms with Gasteiger partial charge in [0.1, 0.15) is 5.76 Å². The maximum atomic E-state index is 12.0. The normalized spacial score (nSPS) is 10.5. The molecule has 18 heavy (non-hydrogen) atoms. The van der Waals surface area contributed by atoms with Crippen molar-refractivity contribution >= 4 is 17.2 Å². The molecule has 1 amide bonds. The van der Waals surface area contributed by atoms with Crippen molar-refractivity contribution in [3.63, 3.8) is 0 Å². The van der Waals surface area contributed by atoms with Crippen molar-refractivity contribution in [1.82, 2.24) is 4.90 Å². The molecule has 2 heterocycles. The average Bonchev–Trinajstić information content (AvgIpc) is 3.01. The van der Waals surface area contributed by atoms with Gasteiger partial charge in [-0.3, -0.25) is 4.79 Å². The van der Waals surface area contributed by atoms with E-state index in [-0.39, 0.29) is 5.91 Å². The van der Waals surface area contributed by atoms with Crippen molar-refractivity contribution in [3.05, 3.63) is 46.5 Å². The number of amides is 1. The van der Waals surface area contributed by atoms with E-state index in [0.717, 1.165) is 10.6 Å². The van der Waals surface area contributed by atoms with Crippen molar-refractivity contribution in [2.45, 2.75) is 19.5 Å². The van der Waals surface area contributed by atoms with Gasteiger partial charge in [0.2, 0.25) is 5.91 Å². The lowest BCUT2D eigenvalue weighted by molar-refractivity contribution is -0.132. The van der Waals surface area contributed by atoms with Crippen LogP contribution < -0.4 is 5.73 Å². The van der Waals surface area contributed by atoms with Crippen LogP contribution in [0.2, 0.25) is 0 Å². The maximum absolute atomic E-state index is 12.0. The molecule has 0 bridgehead atoms. The molecule has 2 rings (SSSR count). The Morgan fingerprint density at radius 2 is 2.22 bits per heavy atom. The Bertz CT molecular complexity index is 429. The van der Waals surface area contributed by atoms with Crippen molar-refractivity contribution < 1.29 is 9.21 Å². The first-order chi connectivity index (χ1) is 8.79. The molecule has 5 heteroatoms. The Morgan fingerprint density at radius 1 is 1.33 bits per heavy atom. The molecule has 4 nitrogen and oxygen atoms in total. The van der Waals surface area contributed by atoms with Crippen LogP contribution in [0, 0.1) is 0 Å². The molecule has 0 spiro atoms. The number of hydrogen-bond acceptors (Lipinski definition) is 4. The summed E-state index contributed by atoms with van der Waals surface area (Å²) >= 11 is 1.64. The Labute approximate surface area is 110 Å². The average molecular weight is 264 g/mol. The highest BCUT2D eigenvalue weighted by Gasteiger charge is 2.15. The molecule has 0 saturated heterocycles. The molecule has 0 aromatic carbocycles. The lowest BCUT2D eigenvalue weighted by Crippen LogP contribution is -2.31. The summed E-state index contributed by atoms with van der Waals surface area (Å²) in [5.74, 6) is 0.847. The van der Waals surface area contributed by atoms with Crippen molar-refractivity contribution in [3.8, 4) is 0 Å². The van der Waals surface area contributed by atoms with Gasteiger partial charge in [0.05, 0.1) is 19.4 Å². The molecule has 0 atom stereocenters. The molecular weight excluding hydrogens is 248 g/mol. The Balaban J connectivity index is 2.04. The van der Waals surface area contributed by atoms with E-state index in [1.165, 1.54) is 0 Å². The third-order valence-electron chi connectivity index (χ3n) is 2.56. The number of carbonyl (C=O) groups is 1. The SMILES string of the molecule is NCCC(=O)N(Cc1ccco1)Cc1cccs1. The zero-order valence-electron chi connectivity index (χ0n) is 10.0. The van der Waals surface area contributed by atoms with E-state index in [9.17, 15) is 4.79 Å². The van der Waals surface area contributed by atoms with E-state index in [1.807, 2.05) is 29.6 Å². The van der Waals surface area contributed by atoms with E-state index in [0.29, 0.717) is 26.1 Å². The second-order valence-electron chi connectivity index (χ2n) is 3.95. The summed E-state index contributed by atoms with van der Waals surface area (Å²) in [5.41, 5.74) is 5.45. The van der Waals surface area contributed by atoms with Gasteiger partial charge in [-0.25, -0.2) is 0 Å². The van der Waals surface area contributed by atoms with Crippen LogP contribution in [0.4, 0.5) is 0 Å². The van der Waals surface area contributed by atoms with E-state index < -0.39 is 0 Å². The summed E-state index contributed by atoms with van der Waals surface area (Å²) in [6, 6.07) is 7.71. The number of thiophene rings is 1. The van der Waals surface area contributed by atoms with Crippen LogP contribution in [0.3, 0.4) is 0 Å². The highest BCUT2D eigenvalue weighted by atomic mass is 32.1. The number of rotatable bonds is 6. The number of nitrogens with zero attached hydrogens (tertiary/aromatic N) is 1. The first-order valence-electron chi connectivity index (χ1n) is 5.82. The molecule has 0 unspecified atom stereocenters. The van der Waals surface area contributed by atoms with Gasteiger partial charge < -0.3 is 15.1 Å². The van der Waals surface area contributed by atoms with Gasteiger partial charge >= 0.3 is 0 Å². The van der Waals surface area contributed by atoms with E-state index in [2.05, 4.69) is 0 Å². The van der Waals surface area contributed by atoms with E-state index in [1.54, 1.807) is 22.5 Å². The lowest BCUT2D eigenvalue weighted by Gasteiger charge is -2.20. The summed E-state index contributed by atoms with van der Waals surface area (Å²) in [6.45, 7) is 1.47. The third kappa shape index (κ3) is 3.45. The predicted octanol–water partition coefficient (Wildman–Crippen LogP) is 2.22. The molecule has 0 aliphatic rings. The second-order valence-corrected chi connectivity index (χ2v) is 4.98. The minimum atomic E-state index is 0.0577. The zero-order valence-corrected chi connectivity index (χ0v) is 10.9. The Hall–Kier alpha value is -1.59. The standard InChI is InChI=1S/C13H16N2O2S/c14-6-5-13(16)15(9-11-3-1-7-17-11)10-12-4-2-8-18-12/h1-4,7-8H,5-6,9-10,14H2. The second kappa shape index (κ2) is 6.37. The summed E-state index contributed by atoms with van der Waals surface area (Å²) in [7, 11) is 0. The minimum absolute atomic E-state index is 0.0577. The van der Waals surface area contributed by atoms with Crippen LogP contribution in [-0.4, -0.2) is 17.4 Å². The highest BCUT2D eigenvalue weighted by molar-refractivity contribution is 7.09. The summed E-state index contributed by atoms with van der Waals surface area (Å²) in [5, 5.41) is 2.01. The largest absolute Gasteiger partial charge is 0.467 e. The molecule has 0 saturated carbocycles. The van der Waals surface area contributed by atoms with Gasteiger partial charge in [-0.2, -0.15) is 0 Å². The van der Waals surface area contributed by atoms with Gasteiger partial charge in [0, 0.05) is 17.8 Å². The van der Waals surface area contributed by atoms with Gasteiger partial charge in [-0.1, -0.05) is 6.07 Å². The van der Waals surface area contributed by atoms with Gasteiger partial charge in [0.15, 0.2) is 0 Å². The highest BCUT2D eigenvalue weighted by Crippen LogP contribution is 2.15. The van der Waals surface area contributed by atoms with Crippen LogP contribution in [0.15, 0.2) is 40.3 Å². The topological polar surface area (TPSA) is 59.5 Å². The molecule has 0 aliphatic heterocycles. The number of furan rings is 1. The van der Waals surface area contributed by atoms with Crippen LogP contribution >= 0.6 is 11.3 Å². The fourth-order valence-electron chi connectivity index (χ4n) is 1.70. The van der Waals surface area contributed by atoms with Gasteiger partial charge in [-0.15, -0.1) is 11.3 Å². The third-order valence-corrected chi connectivity index (χ3v) is 3.43. The first kappa shape index (κ1) is 12.9. The minimum Gasteiger partial charge on any atom is -0.467 e. The molecule has 2 aromatic rings. The fourth-order valence-corrected chi connectivity index (χ4v) is 2.41. The van der Waals surface area contributed by atoms with Crippen LogP contribution in [0.25, 0.3) is 0 Å². The zero-order chi connectivity index (χ0) is 12.8. The first-order valence-corrected chi connectivity index (χ1v) is 6.70. The van der Waals surface area contributed by atoms with Gasteiger partial charge in [-0.05, 0) is 23.6 Å². The molecule has 0 radical (unpaired) electrons. The predicted molar refractivity (Wildman–Crippen MR) is 71.0 cm³/mol. The summed E-state index contributed by atoms with van der Waals surface area (Å²) < 4.78 is 5.29. The maximum Gasteiger partial charge on any atom is 0.224 e. The quantitative estimate of drug-likeness (QED) is 0.870. The van der Waals surface area contributed by atoms with Crippen LogP contribution in [-0.2, 0) is 17.9 Å². The van der Waals surface area contributed by atoms with Gasteiger partial charge in [0.25, 0.3) is 0 Å². The number of carbonyl (C=O) groups excluding carboxylic acids is 1. The lowest BCUT2D eigenvalue weighted by atomic mass is 10.3. The smallest absolute Gasteiger partial charge is 0.224 e. The Kier molecular flexibility index (Phi) is 4.55. The Morgan fingerprint density at radius 3 is 2.83 bits per heavy atom. The fraction of sp³-hybridized carbons (Fsp3) is 0.308. The molecule has 2 aromatic heterocycles. The summed E-state index contributed by atoms with van der Waals surface area (Å²) in [6.07, 6.45) is 1.98. The summed E-state index contributed by atoms with van der Waals surface area (Å²) in [4.78, 5) is 14.9. The number of hydrogen-bond donors (Lipinski definition) is 1. The molecule has 0 aliphatic carbocycles. The monoisotopic (exact) mass is 264 g/mol. The molecular formula is C13H16N2O2S. The van der Waals surface area contributed by atoms with Crippen LogP contribution in [0.5, 0.6) is 0 Å². The molecule has 96 valence electrons. The van der Waals surface area contributed by atoms with Crippen molar-refractivity contribution in [1.29, 1.82) is 0 Å². The number of nitrogens with two attached hydrogens (primary N) is 1. The van der Waals surface area contributed by atoms with E-state index >= 15 is 0 Å². The van der Waals surface area contributed by atoms with Crippen molar-refractivity contribution in [2.75, 3.05) is 6.54 Å². The van der Waals surface area contributed by atoms with E-state index in [4.69, 9.17) is 10.2 Å². The van der Waals surface area contributed by atoms with Crippen LogP contribution in [0.1, 0.15) is 17.1 Å². The van der Waals surface area contributed by atoms with Crippen molar-refractivity contribution in [2.24, 2.45) is 5.73 Å². The molecule has 0 fully saturated rings.